The number of nitrogens with one attached hydrogen (secondary N) is 1. The minimum atomic E-state index is -4.05. The van der Waals surface area contributed by atoms with Gasteiger partial charge in [-0.15, -0.1) is 0 Å². The molecule has 1 atom stereocenters. The van der Waals surface area contributed by atoms with Crippen LogP contribution in [0.15, 0.2) is 88.2 Å². The predicted octanol–water partition coefficient (Wildman–Crippen LogP) is 4.51. The van der Waals surface area contributed by atoms with Gasteiger partial charge in [-0.3, -0.25) is 13.9 Å². The van der Waals surface area contributed by atoms with Crippen molar-refractivity contribution in [3.8, 4) is 0 Å². The lowest BCUT2D eigenvalue weighted by atomic mass is 10.1. The molecule has 0 fully saturated rings. The van der Waals surface area contributed by atoms with Crippen molar-refractivity contribution >= 4 is 43.5 Å². The highest BCUT2D eigenvalue weighted by Crippen LogP contribution is 2.25. The van der Waals surface area contributed by atoms with Crippen LogP contribution in [0.5, 0.6) is 0 Å². The number of carbonyl (C=O) groups excluding carboxylic acids is 2. The summed E-state index contributed by atoms with van der Waals surface area (Å²) in [6, 6.07) is 21.6. The van der Waals surface area contributed by atoms with Crippen molar-refractivity contribution in [3.05, 3.63) is 94.5 Å². The minimum Gasteiger partial charge on any atom is -0.355 e. The molecule has 0 saturated carbocycles. The van der Waals surface area contributed by atoms with Gasteiger partial charge in [0.15, 0.2) is 0 Å². The number of hydrogen-bond acceptors (Lipinski definition) is 4. The van der Waals surface area contributed by atoms with E-state index in [0.29, 0.717) is 12.2 Å². The van der Waals surface area contributed by atoms with Gasteiger partial charge in [0.1, 0.15) is 12.6 Å². The fourth-order valence-corrected chi connectivity index (χ4v) is 5.35. The molecule has 3 rings (SSSR count). The molecule has 0 aliphatic carbocycles. The molecular weight excluding hydrogens is 542 g/mol. The van der Waals surface area contributed by atoms with Crippen LogP contribution in [0, 0.1) is 6.92 Å². The summed E-state index contributed by atoms with van der Waals surface area (Å²) in [7, 11) is -4.05. The van der Waals surface area contributed by atoms with Gasteiger partial charge in [-0.25, -0.2) is 8.42 Å². The van der Waals surface area contributed by atoms with E-state index in [1.165, 1.54) is 17.0 Å². The average molecular weight is 573 g/mol. The Balaban J connectivity index is 2.00. The molecule has 0 radical (unpaired) electrons. The van der Waals surface area contributed by atoms with Crippen LogP contribution in [-0.4, -0.2) is 44.3 Å². The van der Waals surface area contributed by atoms with Gasteiger partial charge >= 0.3 is 0 Å². The molecule has 0 aliphatic rings. The maximum Gasteiger partial charge on any atom is 0.264 e. The van der Waals surface area contributed by atoms with Crippen LogP contribution in [0.25, 0.3) is 0 Å². The lowest BCUT2D eigenvalue weighted by Crippen LogP contribution is -2.51. The normalized spacial score (nSPS) is 12.0. The van der Waals surface area contributed by atoms with Gasteiger partial charge in [0.05, 0.1) is 10.6 Å². The van der Waals surface area contributed by atoms with Crippen LogP contribution in [0.4, 0.5) is 5.69 Å². The van der Waals surface area contributed by atoms with E-state index in [2.05, 4.69) is 21.2 Å². The molecule has 7 nitrogen and oxygen atoms in total. The summed E-state index contributed by atoms with van der Waals surface area (Å²) in [6.45, 7) is 5.46. The fourth-order valence-electron chi connectivity index (χ4n) is 3.65. The Labute approximate surface area is 221 Å². The molecule has 9 heteroatoms. The first-order chi connectivity index (χ1) is 17.1. The number of carbonyl (C=O) groups is 2. The third-order valence-corrected chi connectivity index (χ3v) is 8.03. The highest BCUT2D eigenvalue weighted by atomic mass is 79.9. The molecule has 0 saturated heterocycles. The highest BCUT2D eigenvalue weighted by molar-refractivity contribution is 9.10. The van der Waals surface area contributed by atoms with E-state index >= 15 is 0 Å². The first-order valence-corrected chi connectivity index (χ1v) is 13.8. The van der Waals surface area contributed by atoms with Crippen LogP contribution in [0.2, 0.25) is 0 Å². The Morgan fingerprint density at radius 3 is 2.14 bits per heavy atom. The predicted molar refractivity (Wildman–Crippen MR) is 145 cm³/mol. The molecule has 36 heavy (non-hydrogen) atoms. The van der Waals surface area contributed by atoms with E-state index in [1.807, 2.05) is 31.2 Å². The molecule has 3 aromatic rings. The topological polar surface area (TPSA) is 86.8 Å². The maximum absolute atomic E-state index is 13.7. The van der Waals surface area contributed by atoms with Gasteiger partial charge in [0.25, 0.3) is 10.0 Å². The molecule has 190 valence electrons. The van der Waals surface area contributed by atoms with E-state index in [9.17, 15) is 18.0 Å². The van der Waals surface area contributed by atoms with Gasteiger partial charge in [-0.1, -0.05) is 64.0 Å². The van der Waals surface area contributed by atoms with Gasteiger partial charge in [0.2, 0.25) is 11.8 Å². The summed E-state index contributed by atoms with van der Waals surface area (Å²) >= 11 is 3.40. The number of sulfonamides is 1. The number of halogens is 1. The SMILES string of the molecule is CCNC(=O)[C@@H](C)N(Cc1ccc(Br)cc1)C(=O)CN(c1ccc(C)cc1)S(=O)(=O)c1ccccc1. The third kappa shape index (κ3) is 6.73. The van der Waals surface area contributed by atoms with E-state index in [-0.39, 0.29) is 17.3 Å². The van der Waals surface area contributed by atoms with Crippen molar-refractivity contribution in [1.82, 2.24) is 10.2 Å². The molecular formula is C27H30BrN3O4S. The van der Waals surface area contributed by atoms with Crippen LogP contribution < -0.4 is 9.62 Å². The molecule has 0 aromatic heterocycles. The molecule has 0 heterocycles. The molecule has 0 spiro atoms. The summed E-state index contributed by atoms with van der Waals surface area (Å²) in [5, 5.41) is 2.75. The van der Waals surface area contributed by atoms with E-state index in [4.69, 9.17) is 0 Å². The van der Waals surface area contributed by atoms with Gasteiger partial charge < -0.3 is 10.2 Å². The number of aryl methyl sites for hydroxylation is 1. The average Bonchev–Trinajstić information content (AvgIpc) is 2.87. The Hall–Kier alpha value is -3.17. The Bertz CT molecular complexity index is 1280. The Kier molecular flexibility index (Phi) is 9.28. The zero-order valence-corrected chi connectivity index (χ0v) is 22.9. The summed E-state index contributed by atoms with van der Waals surface area (Å²) in [5.74, 6) is -0.799. The fraction of sp³-hybridized carbons (Fsp3) is 0.259. The zero-order valence-electron chi connectivity index (χ0n) is 20.5. The molecule has 0 aliphatic heterocycles. The van der Waals surface area contributed by atoms with E-state index < -0.39 is 28.5 Å². The van der Waals surface area contributed by atoms with Crippen molar-refractivity contribution in [1.29, 1.82) is 0 Å². The number of benzene rings is 3. The lowest BCUT2D eigenvalue weighted by molar-refractivity contribution is -0.139. The molecule has 0 unspecified atom stereocenters. The second-order valence-electron chi connectivity index (χ2n) is 8.38. The van der Waals surface area contributed by atoms with Crippen molar-refractivity contribution in [2.75, 3.05) is 17.4 Å². The standard InChI is InChI=1S/C27H30BrN3O4S/c1-4-29-27(33)21(3)30(18-22-12-14-23(28)15-13-22)26(32)19-31(24-16-10-20(2)11-17-24)36(34,35)25-8-6-5-7-9-25/h5-17,21H,4,18-19H2,1-3H3,(H,29,33)/t21-/m1/s1. The second-order valence-corrected chi connectivity index (χ2v) is 11.2. The van der Waals surface area contributed by atoms with Crippen molar-refractivity contribution in [3.63, 3.8) is 0 Å². The second kappa shape index (κ2) is 12.2. The minimum absolute atomic E-state index is 0.0783. The number of likely N-dealkylation sites (N-methyl/N-ethyl adjacent to an activating group) is 1. The van der Waals surface area contributed by atoms with Crippen LogP contribution in [0.1, 0.15) is 25.0 Å². The van der Waals surface area contributed by atoms with Crippen molar-refractivity contribution in [2.45, 2.75) is 38.3 Å². The lowest BCUT2D eigenvalue weighted by Gasteiger charge is -2.32. The number of rotatable bonds is 10. The Morgan fingerprint density at radius 2 is 1.56 bits per heavy atom. The Morgan fingerprint density at radius 1 is 0.944 bits per heavy atom. The van der Waals surface area contributed by atoms with Crippen molar-refractivity contribution in [2.24, 2.45) is 0 Å². The van der Waals surface area contributed by atoms with Crippen LogP contribution in [0.3, 0.4) is 0 Å². The monoisotopic (exact) mass is 571 g/mol. The third-order valence-electron chi connectivity index (χ3n) is 5.72. The summed E-state index contributed by atoms with van der Waals surface area (Å²) in [5.41, 5.74) is 2.14. The molecule has 2 amide bonds. The molecule has 1 N–H and O–H groups in total. The summed E-state index contributed by atoms with van der Waals surface area (Å²) < 4.78 is 29.3. The van der Waals surface area contributed by atoms with Gasteiger partial charge in [0, 0.05) is 17.6 Å². The molecule has 0 bridgehead atoms. The smallest absolute Gasteiger partial charge is 0.264 e. The quantitative estimate of drug-likeness (QED) is 0.388. The molecule has 3 aromatic carbocycles. The van der Waals surface area contributed by atoms with Gasteiger partial charge in [-0.05, 0) is 62.7 Å². The maximum atomic E-state index is 13.7. The van der Waals surface area contributed by atoms with Crippen molar-refractivity contribution < 1.29 is 18.0 Å². The van der Waals surface area contributed by atoms with Crippen LogP contribution >= 0.6 is 15.9 Å². The first kappa shape index (κ1) is 27.4. The summed E-state index contributed by atoms with van der Waals surface area (Å²) in [6.07, 6.45) is 0. The van der Waals surface area contributed by atoms with Gasteiger partial charge in [-0.2, -0.15) is 0 Å². The highest BCUT2D eigenvalue weighted by Gasteiger charge is 2.32. The summed E-state index contributed by atoms with van der Waals surface area (Å²) in [4.78, 5) is 27.9. The number of nitrogens with zero attached hydrogens (tertiary/aromatic N) is 2. The number of amides is 2. The van der Waals surface area contributed by atoms with Crippen LogP contribution in [-0.2, 0) is 26.2 Å². The van der Waals surface area contributed by atoms with E-state index in [0.717, 1.165) is 19.9 Å². The van der Waals surface area contributed by atoms with E-state index in [1.54, 1.807) is 56.3 Å². The largest absolute Gasteiger partial charge is 0.355 e. The zero-order chi connectivity index (χ0) is 26.3. The number of anilines is 1. The number of hydrogen-bond donors (Lipinski definition) is 1. The first-order valence-electron chi connectivity index (χ1n) is 11.6.